The fraction of sp³-hybridized carbons (Fsp3) is 0.200. The van der Waals surface area contributed by atoms with E-state index in [0.717, 1.165) is 0 Å². The summed E-state index contributed by atoms with van der Waals surface area (Å²) in [5, 5.41) is 12.0. The van der Waals surface area contributed by atoms with Crippen molar-refractivity contribution in [3.8, 4) is 0 Å². The Hall–Kier alpha value is -2.76. The summed E-state index contributed by atoms with van der Waals surface area (Å²) in [5.41, 5.74) is -0.309. The van der Waals surface area contributed by atoms with Crippen molar-refractivity contribution >= 4 is 11.9 Å². The van der Waals surface area contributed by atoms with Crippen LogP contribution in [0.15, 0.2) is 42.7 Å². The Balaban J connectivity index is 2.31. The van der Waals surface area contributed by atoms with Gasteiger partial charge in [0.25, 0.3) is 5.91 Å². The summed E-state index contributed by atoms with van der Waals surface area (Å²) in [6, 6.07) is 8.51. The number of carboxylic acids is 1. The second-order valence-corrected chi connectivity index (χ2v) is 4.79. The molecule has 6 heteroatoms. The number of amides is 1. The monoisotopic (exact) mass is 285 g/mol. The standard InChI is InChI=1S/C15H15N3O3/c1-10-8-17-12(9-16-10)13(19)18-15(2,14(20)21)11-6-4-3-5-7-11/h3-9H,1-2H3,(H,18,19)(H,20,21). The number of benzene rings is 1. The molecule has 1 unspecified atom stereocenters. The van der Waals surface area contributed by atoms with Crippen molar-refractivity contribution < 1.29 is 14.7 Å². The van der Waals surface area contributed by atoms with Crippen LogP contribution in [-0.2, 0) is 10.3 Å². The maximum atomic E-state index is 12.2. The van der Waals surface area contributed by atoms with E-state index < -0.39 is 17.4 Å². The van der Waals surface area contributed by atoms with Crippen molar-refractivity contribution in [1.29, 1.82) is 0 Å². The molecule has 0 aliphatic heterocycles. The normalized spacial score (nSPS) is 13.2. The summed E-state index contributed by atoms with van der Waals surface area (Å²) < 4.78 is 0. The van der Waals surface area contributed by atoms with Crippen LogP contribution in [0.25, 0.3) is 0 Å². The topological polar surface area (TPSA) is 92.2 Å². The molecule has 1 heterocycles. The van der Waals surface area contributed by atoms with Gasteiger partial charge in [-0.15, -0.1) is 0 Å². The molecule has 0 saturated carbocycles. The van der Waals surface area contributed by atoms with Crippen LogP contribution in [0.3, 0.4) is 0 Å². The van der Waals surface area contributed by atoms with E-state index >= 15 is 0 Å². The zero-order chi connectivity index (χ0) is 15.5. The lowest BCUT2D eigenvalue weighted by Gasteiger charge is -2.26. The minimum absolute atomic E-state index is 0.0732. The quantitative estimate of drug-likeness (QED) is 0.888. The highest BCUT2D eigenvalue weighted by atomic mass is 16.4. The van der Waals surface area contributed by atoms with E-state index in [1.54, 1.807) is 37.3 Å². The largest absolute Gasteiger partial charge is 0.479 e. The van der Waals surface area contributed by atoms with Gasteiger partial charge < -0.3 is 10.4 Å². The summed E-state index contributed by atoms with van der Waals surface area (Å²) in [7, 11) is 0. The van der Waals surface area contributed by atoms with Crippen molar-refractivity contribution in [2.24, 2.45) is 0 Å². The number of aromatic nitrogens is 2. The summed E-state index contributed by atoms with van der Waals surface area (Å²) in [5.74, 6) is -1.74. The first-order chi connectivity index (χ1) is 9.93. The minimum Gasteiger partial charge on any atom is -0.479 e. The number of aliphatic carboxylic acids is 1. The number of rotatable bonds is 4. The summed E-state index contributed by atoms with van der Waals surface area (Å²) >= 11 is 0. The van der Waals surface area contributed by atoms with E-state index in [1.807, 2.05) is 0 Å². The molecule has 108 valence electrons. The van der Waals surface area contributed by atoms with Gasteiger partial charge in [0.05, 0.1) is 11.9 Å². The van der Waals surface area contributed by atoms with Crippen LogP contribution >= 0.6 is 0 Å². The summed E-state index contributed by atoms with van der Waals surface area (Å²) in [6.07, 6.45) is 2.77. The summed E-state index contributed by atoms with van der Waals surface area (Å²) in [6.45, 7) is 3.18. The Morgan fingerprint density at radius 1 is 1.14 bits per heavy atom. The van der Waals surface area contributed by atoms with Crippen molar-refractivity contribution in [2.45, 2.75) is 19.4 Å². The van der Waals surface area contributed by atoms with Gasteiger partial charge in [-0.1, -0.05) is 30.3 Å². The molecule has 0 aliphatic rings. The molecule has 2 rings (SSSR count). The lowest BCUT2D eigenvalue weighted by Crippen LogP contribution is -2.49. The highest BCUT2D eigenvalue weighted by Crippen LogP contribution is 2.21. The zero-order valence-electron chi connectivity index (χ0n) is 11.7. The first-order valence-electron chi connectivity index (χ1n) is 6.33. The average molecular weight is 285 g/mol. The van der Waals surface area contributed by atoms with Gasteiger partial charge >= 0.3 is 5.97 Å². The Kier molecular flexibility index (Phi) is 3.98. The molecule has 0 fully saturated rings. The highest BCUT2D eigenvalue weighted by Gasteiger charge is 2.37. The van der Waals surface area contributed by atoms with E-state index in [-0.39, 0.29) is 5.69 Å². The fourth-order valence-electron chi connectivity index (χ4n) is 1.82. The van der Waals surface area contributed by atoms with E-state index in [2.05, 4.69) is 15.3 Å². The van der Waals surface area contributed by atoms with Gasteiger partial charge in [0, 0.05) is 6.20 Å². The van der Waals surface area contributed by atoms with E-state index in [1.165, 1.54) is 19.3 Å². The average Bonchev–Trinajstić information content (AvgIpc) is 2.48. The van der Waals surface area contributed by atoms with Crippen molar-refractivity contribution in [3.63, 3.8) is 0 Å². The number of carbonyl (C=O) groups excluding carboxylic acids is 1. The predicted molar refractivity (Wildman–Crippen MR) is 75.7 cm³/mol. The van der Waals surface area contributed by atoms with Crippen molar-refractivity contribution in [1.82, 2.24) is 15.3 Å². The van der Waals surface area contributed by atoms with Crippen molar-refractivity contribution in [2.75, 3.05) is 0 Å². The van der Waals surface area contributed by atoms with Crippen LogP contribution < -0.4 is 5.32 Å². The van der Waals surface area contributed by atoms with Crippen LogP contribution in [0.4, 0.5) is 0 Å². The molecular formula is C15H15N3O3. The Morgan fingerprint density at radius 2 is 1.81 bits per heavy atom. The zero-order valence-corrected chi connectivity index (χ0v) is 11.7. The fourth-order valence-corrected chi connectivity index (χ4v) is 1.82. The predicted octanol–water partition coefficient (Wildman–Crippen LogP) is 1.51. The SMILES string of the molecule is Cc1cnc(C(=O)NC(C)(C(=O)O)c2ccccc2)cn1. The maximum absolute atomic E-state index is 12.2. The second-order valence-electron chi connectivity index (χ2n) is 4.79. The first kappa shape index (κ1) is 14.6. The Labute approximate surface area is 121 Å². The smallest absolute Gasteiger partial charge is 0.333 e. The van der Waals surface area contributed by atoms with Crippen molar-refractivity contribution in [3.05, 3.63) is 59.7 Å². The van der Waals surface area contributed by atoms with Gasteiger partial charge in [-0.25, -0.2) is 9.78 Å². The number of carbonyl (C=O) groups is 2. The van der Waals surface area contributed by atoms with Gasteiger partial charge in [-0.05, 0) is 19.4 Å². The van der Waals surface area contributed by atoms with Crippen LogP contribution in [-0.4, -0.2) is 27.0 Å². The molecule has 2 aromatic rings. The molecule has 1 aromatic heterocycles. The van der Waals surface area contributed by atoms with Crippen LogP contribution in [0.2, 0.25) is 0 Å². The molecule has 1 atom stereocenters. The van der Waals surface area contributed by atoms with Crippen LogP contribution in [0.1, 0.15) is 28.7 Å². The Bertz CT molecular complexity index is 656. The Morgan fingerprint density at radius 3 is 2.33 bits per heavy atom. The van der Waals surface area contributed by atoms with Crippen LogP contribution in [0.5, 0.6) is 0 Å². The molecule has 1 amide bonds. The summed E-state index contributed by atoms with van der Waals surface area (Å²) in [4.78, 5) is 31.7. The lowest BCUT2D eigenvalue weighted by molar-refractivity contribution is -0.144. The molecule has 0 aliphatic carbocycles. The van der Waals surface area contributed by atoms with Crippen LogP contribution in [0, 0.1) is 6.92 Å². The number of nitrogens with one attached hydrogen (secondary N) is 1. The second kappa shape index (κ2) is 5.70. The van der Waals surface area contributed by atoms with E-state index in [4.69, 9.17) is 0 Å². The first-order valence-corrected chi connectivity index (χ1v) is 6.33. The number of hydrogen-bond acceptors (Lipinski definition) is 4. The molecule has 21 heavy (non-hydrogen) atoms. The minimum atomic E-state index is -1.54. The molecule has 0 bridgehead atoms. The molecule has 0 spiro atoms. The molecule has 6 nitrogen and oxygen atoms in total. The highest BCUT2D eigenvalue weighted by molar-refractivity contribution is 5.96. The van der Waals surface area contributed by atoms with E-state index in [0.29, 0.717) is 11.3 Å². The number of carboxylic acid groups (broad SMARTS) is 1. The van der Waals surface area contributed by atoms with Gasteiger partial charge in [0.15, 0.2) is 5.54 Å². The number of nitrogens with zero attached hydrogens (tertiary/aromatic N) is 2. The third kappa shape index (κ3) is 3.05. The van der Waals surface area contributed by atoms with E-state index in [9.17, 15) is 14.7 Å². The lowest BCUT2D eigenvalue weighted by atomic mass is 9.92. The molecular weight excluding hydrogens is 270 g/mol. The van der Waals surface area contributed by atoms with Gasteiger partial charge in [0.2, 0.25) is 0 Å². The molecule has 0 radical (unpaired) electrons. The third-order valence-corrected chi connectivity index (χ3v) is 3.16. The third-order valence-electron chi connectivity index (χ3n) is 3.16. The maximum Gasteiger partial charge on any atom is 0.333 e. The molecule has 2 N–H and O–H groups in total. The van der Waals surface area contributed by atoms with Gasteiger partial charge in [-0.2, -0.15) is 0 Å². The van der Waals surface area contributed by atoms with Gasteiger partial charge in [-0.3, -0.25) is 9.78 Å². The van der Waals surface area contributed by atoms with Gasteiger partial charge in [0.1, 0.15) is 5.69 Å². The number of hydrogen-bond donors (Lipinski definition) is 2. The molecule has 0 saturated heterocycles. The molecule has 1 aromatic carbocycles. The number of aryl methyl sites for hydroxylation is 1.